The van der Waals surface area contributed by atoms with Gasteiger partial charge in [0.1, 0.15) is 11.5 Å². The maximum atomic E-state index is 5.72. The fraction of sp³-hybridized carbons (Fsp3) is 0.500. The fourth-order valence-electron chi connectivity index (χ4n) is 2.38. The maximum absolute atomic E-state index is 5.72. The van der Waals surface area contributed by atoms with E-state index in [2.05, 4.69) is 34.7 Å². The third-order valence-electron chi connectivity index (χ3n) is 3.58. The topological polar surface area (TPSA) is 54.9 Å². The molecule has 1 aliphatic rings. The Kier molecular flexibility index (Phi) is 10.3. The summed E-state index contributed by atoms with van der Waals surface area (Å²) in [6.07, 6.45) is 7.44. The highest BCUT2D eigenvalue weighted by Gasteiger charge is 2.11. The lowest BCUT2D eigenvalue weighted by Crippen LogP contribution is -2.42. The van der Waals surface area contributed by atoms with Crippen LogP contribution in [0.4, 0.5) is 0 Å². The van der Waals surface area contributed by atoms with Crippen LogP contribution in [0.2, 0.25) is 0 Å². The van der Waals surface area contributed by atoms with E-state index in [1.54, 1.807) is 7.11 Å². The van der Waals surface area contributed by atoms with Crippen molar-refractivity contribution in [3.05, 3.63) is 36.4 Å². The van der Waals surface area contributed by atoms with Crippen LogP contribution in [0, 0.1) is 0 Å². The molecule has 0 heterocycles. The number of ether oxygens (including phenoxy) is 2. The van der Waals surface area contributed by atoms with E-state index in [4.69, 9.17) is 9.47 Å². The van der Waals surface area contributed by atoms with Gasteiger partial charge in [-0.3, -0.25) is 4.99 Å². The average molecular weight is 445 g/mol. The van der Waals surface area contributed by atoms with E-state index in [9.17, 15) is 0 Å². The molecule has 0 bridgehead atoms. The Morgan fingerprint density at radius 1 is 1.25 bits per heavy atom. The van der Waals surface area contributed by atoms with E-state index >= 15 is 0 Å². The van der Waals surface area contributed by atoms with Crippen LogP contribution in [-0.2, 0) is 0 Å². The Morgan fingerprint density at radius 2 is 2.00 bits per heavy atom. The summed E-state index contributed by atoms with van der Waals surface area (Å²) in [5, 5.41) is 6.75. The molecule has 134 valence electrons. The first-order chi connectivity index (χ1) is 11.3. The number of aliphatic imine (C=N–C) groups is 1. The van der Waals surface area contributed by atoms with Crippen LogP contribution in [0.3, 0.4) is 0 Å². The molecule has 0 unspecified atom stereocenters. The van der Waals surface area contributed by atoms with Crippen molar-refractivity contribution < 1.29 is 9.47 Å². The molecule has 24 heavy (non-hydrogen) atoms. The van der Waals surface area contributed by atoms with E-state index in [0.717, 1.165) is 49.8 Å². The van der Waals surface area contributed by atoms with E-state index < -0.39 is 0 Å². The Labute approximate surface area is 161 Å². The highest BCUT2D eigenvalue weighted by Crippen LogP contribution is 2.18. The Bertz CT molecular complexity index is 527. The molecule has 0 aromatic heterocycles. The van der Waals surface area contributed by atoms with Crippen LogP contribution < -0.4 is 20.1 Å². The Morgan fingerprint density at radius 3 is 2.71 bits per heavy atom. The molecule has 0 saturated carbocycles. The SMILES string of the molecule is CCNC(=NCCCOc1cccc(OC)c1)NC1CC=CC1.I. The zero-order chi connectivity index (χ0) is 16.3. The minimum absolute atomic E-state index is 0. The first kappa shape index (κ1) is 20.6. The summed E-state index contributed by atoms with van der Waals surface area (Å²) >= 11 is 0. The second-order valence-electron chi connectivity index (χ2n) is 5.43. The minimum Gasteiger partial charge on any atom is -0.497 e. The molecule has 6 heteroatoms. The number of methoxy groups -OCH3 is 1. The molecule has 1 aromatic rings. The Balaban J connectivity index is 0.00000288. The molecule has 0 amide bonds. The van der Waals surface area contributed by atoms with Crippen LogP contribution in [-0.4, -0.2) is 38.8 Å². The van der Waals surface area contributed by atoms with Crippen molar-refractivity contribution in [2.24, 2.45) is 4.99 Å². The molecular formula is C18H28IN3O2. The number of hydrogen-bond donors (Lipinski definition) is 2. The van der Waals surface area contributed by atoms with Crippen molar-refractivity contribution in [1.82, 2.24) is 10.6 Å². The third-order valence-corrected chi connectivity index (χ3v) is 3.58. The molecule has 1 aromatic carbocycles. The first-order valence-corrected chi connectivity index (χ1v) is 8.28. The predicted molar refractivity (Wildman–Crippen MR) is 110 cm³/mol. The monoisotopic (exact) mass is 445 g/mol. The standard InChI is InChI=1S/C18H27N3O2.HI/c1-3-19-18(21-15-8-4-5-9-15)20-12-7-13-23-17-11-6-10-16(14-17)22-2;/h4-6,10-11,14-15H,3,7-9,12-13H2,1-2H3,(H2,19,20,21);1H. The number of nitrogens with one attached hydrogen (secondary N) is 2. The minimum atomic E-state index is 0. The molecule has 0 fully saturated rings. The second-order valence-corrected chi connectivity index (χ2v) is 5.43. The van der Waals surface area contributed by atoms with Crippen LogP contribution in [0.5, 0.6) is 11.5 Å². The van der Waals surface area contributed by atoms with E-state index in [1.165, 1.54) is 0 Å². The molecule has 1 aliphatic carbocycles. The molecule has 5 nitrogen and oxygen atoms in total. The van der Waals surface area contributed by atoms with Crippen molar-refractivity contribution in [1.29, 1.82) is 0 Å². The van der Waals surface area contributed by atoms with Crippen LogP contribution in [0.1, 0.15) is 26.2 Å². The molecule has 0 spiro atoms. The van der Waals surface area contributed by atoms with Crippen molar-refractivity contribution in [3.63, 3.8) is 0 Å². The van der Waals surface area contributed by atoms with Gasteiger partial charge in [0.05, 0.1) is 13.7 Å². The van der Waals surface area contributed by atoms with Gasteiger partial charge in [-0.05, 0) is 31.9 Å². The summed E-state index contributed by atoms with van der Waals surface area (Å²) in [6, 6.07) is 8.13. The highest BCUT2D eigenvalue weighted by molar-refractivity contribution is 14.0. The summed E-state index contributed by atoms with van der Waals surface area (Å²) in [5.41, 5.74) is 0. The van der Waals surface area contributed by atoms with Crippen molar-refractivity contribution in [3.8, 4) is 11.5 Å². The maximum Gasteiger partial charge on any atom is 0.191 e. The predicted octanol–water partition coefficient (Wildman–Crippen LogP) is 3.36. The van der Waals surface area contributed by atoms with Gasteiger partial charge in [-0.1, -0.05) is 18.2 Å². The molecule has 0 radical (unpaired) electrons. The number of halogens is 1. The van der Waals surface area contributed by atoms with Crippen molar-refractivity contribution in [2.45, 2.75) is 32.2 Å². The number of hydrogen-bond acceptors (Lipinski definition) is 3. The Hall–Kier alpha value is -1.44. The van der Waals surface area contributed by atoms with E-state index in [1.807, 2.05) is 24.3 Å². The van der Waals surface area contributed by atoms with Gasteiger partial charge in [-0.2, -0.15) is 0 Å². The van der Waals surface area contributed by atoms with E-state index in [-0.39, 0.29) is 24.0 Å². The van der Waals surface area contributed by atoms with Crippen molar-refractivity contribution >= 4 is 29.9 Å². The molecule has 0 saturated heterocycles. The van der Waals surface area contributed by atoms with Gasteiger partial charge in [0.25, 0.3) is 0 Å². The summed E-state index contributed by atoms with van der Waals surface area (Å²) in [5.74, 6) is 2.53. The number of nitrogens with zero attached hydrogens (tertiary/aromatic N) is 1. The summed E-state index contributed by atoms with van der Waals surface area (Å²) in [4.78, 5) is 4.60. The number of benzene rings is 1. The highest BCUT2D eigenvalue weighted by atomic mass is 127. The van der Waals surface area contributed by atoms with Gasteiger partial charge in [0.15, 0.2) is 5.96 Å². The van der Waals surface area contributed by atoms with Crippen LogP contribution >= 0.6 is 24.0 Å². The third kappa shape index (κ3) is 7.42. The largest absolute Gasteiger partial charge is 0.497 e. The average Bonchev–Trinajstić information content (AvgIpc) is 3.08. The molecule has 0 atom stereocenters. The van der Waals surface area contributed by atoms with Crippen molar-refractivity contribution in [2.75, 3.05) is 26.8 Å². The van der Waals surface area contributed by atoms with Gasteiger partial charge in [-0.25, -0.2) is 0 Å². The molecule has 0 aliphatic heterocycles. The van der Waals surface area contributed by atoms with Gasteiger partial charge in [0.2, 0.25) is 0 Å². The lowest BCUT2D eigenvalue weighted by molar-refractivity contribution is 0.311. The zero-order valence-corrected chi connectivity index (χ0v) is 16.8. The molecular weight excluding hydrogens is 417 g/mol. The summed E-state index contributed by atoms with van der Waals surface area (Å²) in [7, 11) is 1.66. The molecule has 2 N–H and O–H groups in total. The quantitative estimate of drug-likeness (QED) is 0.212. The fourth-order valence-corrected chi connectivity index (χ4v) is 2.38. The number of guanidine groups is 1. The van der Waals surface area contributed by atoms with Gasteiger partial charge in [-0.15, -0.1) is 24.0 Å². The molecule has 2 rings (SSSR count). The lowest BCUT2D eigenvalue weighted by Gasteiger charge is -2.16. The summed E-state index contributed by atoms with van der Waals surface area (Å²) in [6.45, 7) is 4.32. The van der Waals surface area contributed by atoms with Gasteiger partial charge in [0, 0.05) is 31.6 Å². The van der Waals surface area contributed by atoms with Crippen LogP contribution in [0.25, 0.3) is 0 Å². The van der Waals surface area contributed by atoms with E-state index in [0.29, 0.717) is 12.6 Å². The zero-order valence-electron chi connectivity index (χ0n) is 14.5. The van der Waals surface area contributed by atoms with Gasteiger partial charge >= 0.3 is 0 Å². The normalized spacial score (nSPS) is 14.2. The van der Waals surface area contributed by atoms with Gasteiger partial charge < -0.3 is 20.1 Å². The van der Waals surface area contributed by atoms with Crippen LogP contribution in [0.15, 0.2) is 41.4 Å². The second kappa shape index (κ2) is 12.0. The lowest BCUT2D eigenvalue weighted by atomic mass is 10.2. The number of rotatable bonds is 8. The smallest absolute Gasteiger partial charge is 0.191 e. The first-order valence-electron chi connectivity index (χ1n) is 8.28. The summed E-state index contributed by atoms with van der Waals surface area (Å²) < 4.78 is 10.9.